The number of hydrogen-bond donors (Lipinski definition) is 3. The lowest BCUT2D eigenvalue weighted by molar-refractivity contribution is 0.0952. The normalized spacial score (nSPS) is 11.7. The smallest absolute Gasteiger partial charge is 0.253 e. The molecule has 1 aromatic carbocycles. The second kappa shape index (κ2) is 5.17. The summed E-state index contributed by atoms with van der Waals surface area (Å²) < 4.78 is 0.0286. The van der Waals surface area contributed by atoms with E-state index in [-0.39, 0.29) is 10.7 Å². The number of thioether (sulfide) groups is 1. The zero-order valence-corrected chi connectivity index (χ0v) is 12.2. The summed E-state index contributed by atoms with van der Waals surface area (Å²) in [4.78, 5) is 15.3. The van der Waals surface area contributed by atoms with E-state index in [1.54, 1.807) is 18.0 Å². The maximum Gasteiger partial charge on any atom is 0.253 e. The van der Waals surface area contributed by atoms with E-state index in [9.17, 15) is 4.79 Å². The van der Waals surface area contributed by atoms with E-state index < -0.39 is 0 Å². The Bertz CT molecular complexity index is 604. The van der Waals surface area contributed by atoms with Crippen LogP contribution in [0, 0.1) is 0 Å². The van der Waals surface area contributed by atoms with Gasteiger partial charge in [-0.2, -0.15) is 11.8 Å². The maximum atomic E-state index is 12.2. The van der Waals surface area contributed by atoms with Gasteiger partial charge in [0.15, 0.2) is 0 Å². The van der Waals surface area contributed by atoms with Crippen molar-refractivity contribution in [1.82, 2.24) is 10.3 Å². The van der Waals surface area contributed by atoms with E-state index >= 15 is 0 Å². The van der Waals surface area contributed by atoms with E-state index in [0.717, 1.165) is 10.9 Å². The van der Waals surface area contributed by atoms with Crippen LogP contribution < -0.4 is 11.1 Å². The first-order valence-electron chi connectivity index (χ1n) is 6.13. The molecule has 1 heterocycles. The molecule has 0 spiro atoms. The summed E-state index contributed by atoms with van der Waals surface area (Å²) in [5.74, 6) is -0.0704. The Morgan fingerprint density at radius 2 is 2.21 bits per heavy atom. The monoisotopic (exact) mass is 277 g/mol. The molecule has 0 aliphatic rings. The fourth-order valence-electron chi connectivity index (χ4n) is 1.79. The van der Waals surface area contributed by atoms with Gasteiger partial charge in [-0.1, -0.05) is 0 Å². The van der Waals surface area contributed by atoms with E-state index in [0.29, 0.717) is 17.8 Å². The number of nitrogens with two attached hydrogens (primary N) is 1. The molecule has 102 valence electrons. The number of fused-ring (bicyclic) bond motifs is 1. The second-order valence-corrected chi connectivity index (χ2v) is 6.67. The Labute approximate surface area is 117 Å². The lowest BCUT2D eigenvalue weighted by Crippen LogP contribution is -2.35. The van der Waals surface area contributed by atoms with Gasteiger partial charge in [0, 0.05) is 34.1 Å². The molecule has 0 radical (unpaired) electrons. The molecule has 1 aromatic heterocycles. The Morgan fingerprint density at radius 1 is 1.47 bits per heavy atom. The number of H-pyrrole nitrogens is 1. The van der Waals surface area contributed by atoms with Gasteiger partial charge in [-0.3, -0.25) is 4.79 Å². The largest absolute Gasteiger partial charge is 0.399 e. The Balaban J connectivity index is 2.20. The predicted molar refractivity (Wildman–Crippen MR) is 82.6 cm³/mol. The summed E-state index contributed by atoms with van der Waals surface area (Å²) in [6, 6.07) is 5.52. The van der Waals surface area contributed by atoms with E-state index in [4.69, 9.17) is 5.73 Å². The van der Waals surface area contributed by atoms with E-state index in [1.165, 1.54) is 0 Å². The van der Waals surface area contributed by atoms with Crippen LogP contribution in [-0.4, -0.2) is 28.4 Å². The van der Waals surface area contributed by atoms with Crippen LogP contribution in [0.3, 0.4) is 0 Å². The molecule has 4 N–H and O–H groups in total. The molecule has 19 heavy (non-hydrogen) atoms. The molecule has 4 nitrogen and oxygen atoms in total. The highest BCUT2D eigenvalue weighted by Gasteiger charge is 2.19. The molecule has 1 amide bonds. The summed E-state index contributed by atoms with van der Waals surface area (Å²) in [7, 11) is 0. The molecule has 2 rings (SSSR count). The molecule has 0 saturated heterocycles. The van der Waals surface area contributed by atoms with Gasteiger partial charge < -0.3 is 16.0 Å². The highest BCUT2D eigenvalue weighted by atomic mass is 32.2. The average Bonchev–Trinajstić information content (AvgIpc) is 2.79. The number of nitrogen functional groups attached to an aromatic ring is 1. The average molecular weight is 277 g/mol. The fourth-order valence-corrected chi connectivity index (χ4v) is 2.00. The zero-order chi connectivity index (χ0) is 14.0. The zero-order valence-electron chi connectivity index (χ0n) is 11.4. The van der Waals surface area contributed by atoms with Gasteiger partial charge in [-0.15, -0.1) is 0 Å². The number of rotatable bonds is 4. The summed E-state index contributed by atoms with van der Waals surface area (Å²) in [6.45, 7) is 4.83. The molecule has 0 unspecified atom stereocenters. The number of amides is 1. The number of aromatic nitrogens is 1. The van der Waals surface area contributed by atoms with Crippen LogP contribution in [0.15, 0.2) is 24.4 Å². The van der Waals surface area contributed by atoms with Crippen LogP contribution in [0.1, 0.15) is 24.2 Å². The van der Waals surface area contributed by atoms with Gasteiger partial charge in [-0.25, -0.2) is 0 Å². The minimum atomic E-state index is -0.0704. The molecule has 0 saturated carbocycles. The third kappa shape index (κ3) is 3.04. The van der Waals surface area contributed by atoms with Crippen molar-refractivity contribution in [3.05, 3.63) is 30.0 Å². The first-order chi connectivity index (χ1) is 8.93. The van der Waals surface area contributed by atoms with E-state index in [1.807, 2.05) is 24.5 Å². The number of hydrogen-bond acceptors (Lipinski definition) is 3. The third-order valence-corrected chi connectivity index (χ3v) is 4.43. The predicted octanol–water partition coefficient (Wildman–Crippen LogP) is 2.62. The summed E-state index contributed by atoms with van der Waals surface area (Å²) in [6.07, 6.45) is 3.77. The summed E-state index contributed by atoms with van der Waals surface area (Å²) in [5, 5.41) is 3.83. The van der Waals surface area contributed by atoms with Crippen molar-refractivity contribution in [2.24, 2.45) is 0 Å². The molecule has 2 aromatic rings. The number of anilines is 1. The van der Waals surface area contributed by atoms with Gasteiger partial charge in [-0.05, 0) is 38.3 Å². The maximum absolute atomic E-state index is 12.2. The van der Waals surface area contributed by atoms with Gasteiger partial charge in [0.25, 0.3) is 5.91 Å². The second-order valence-electron chi connectivity index (χ2n) is 5.15. The molecule has 5 heteroatoms. The van der Waals surface area contributed by atoms with Crippen LogP contribution in [-0.2, 0) is 0 Å². The number of carbonyl (C=O) groups is 1. The lowest BCUT2D eigenvalue weighted by atomic mass is 10.1. The Kier molecular flexibility index (Phi) is 3.75. The minimum Gasteiger partial charge on any atom is -0.399 e. The van der Waals surface area contributed by atoms with Crippen LogP contribution in [0.4, 0.5) is 5.69 Å². The fraction of sp³-hybridized carbons (Fsp3) is 0.357. The first-order valence-corrected chi connectivity index (χ1v) is 7.35. The van der Waals surface area contributed by atoms with Crippen LogP contribution in [0.2, 0.25) is 0 Å². The molecule has 0 fully saturated rings. The molecule has 0 aliphatic carbocycles. The highest BCUT2D eigenvalue weighted by molar-refractivity contribution is 7.99. The molecular weight excluding hydrogens is 258 g/mol. The van der Waals surface area contributed by atoms with Crippen molar-refractivity contribution in [2.45, 2.75) is 18.6 Å². The van der Waals surface area contributed by atoms with Gasteiger partial charge >= 0.3 is 0 Å². The van der Waals surface area contributed by atoms with E-state index in [2.05, 4.69) is 24.1 Å². The molecule has 0 aliphatic heterocycles. The summed E-state index contributed by atoms with van der Waals surface area (Å²) >= 11 is 1.73. The highest BCUT2D eigenvalue weighted by Crippen LogP contribution is 2.22. The SMILES string of the molecule is CSC(C)(C)CNC(=O)c1c[nH]c2ccc(N)cc12. The van der Waals surface area contributed by atoms with Crippen molar-refractivity contribution >= 4 is 34.3 Å². The van der Waals surface area contributed by atoms with Crippen LogP contribution >= 0.6 is 11.8 Å². The molecular formula is C14H19N3OS. The topological polar surface area (TPSA) is 70.9 Å². The Morgan fingerprint density at radius 3 is 2.89 bits per heavy atom. The minimum absolute atomic E-state index is 0.0286. The third-order valence-electron chi connectivity index (χ3n) is 3.18. The number of nitrogens with one attached hydrogen (secondary N) is 2. The number of benzene rings is 1. The molecule has 0 bridgehead atoms. The van der Waals surface area contributed by atoms with Crippen LogP contribution in [0.25, 0.3) is 10.9 Å². The van der Waals surface area contributed by atoms with Gasteiger partial charge in [0.2, 0.25) is 0 Å². The van der Waals surface area contributed by atoms with Gasteiger partial charge in [0.05, 0.1) is 5.56 Å². The summed E-state index contributed by atoms with van der Waals surface area (Å²) in [5.41, 5.74) is 7.98. The van der Waals surface area contributed by atoms with Crippen molar-refractivity contribution in [3.63, 3.8) is 0 Å². The van der Waals surface area contributed by atoms with Gasteiger partial charge in [0.1, 0.15) is 0 Å². The van der Waals surface area contributed by atoms with Crippen molar-refractivity contribution < 1.29 is 4.79 Å². The quantitative estimate of drug-likeness (QED) is 0.752. The number of carbonyl (C=O) groups excluding carboxylic acids is 1. The standard InChI is InChI=1S/C14H19N3OS/c1-14(2,19-3)8-17-13(18)11-7-16-12-5-4-9(15)6-10(11)12/h4-7,16H,8,15H2,1-3H3,(H,17,18). The van der Waals surface area contributed by atoms with Crippen molar-refractivity contribution in [2.75, 3.05) is 18.5 Å². The van der Waals surface area contributed by atoms with Crippen molar-refractivity contribution in [3.8, 4) is 0 Å². The van der Waals surface area contributed by atoms with Crippen molar-refractivity contribution in [1.29, 1.82) is 0 Å². The first kappa shape index (κ1) is 13.8. The molecule has 0 atom stereocenters. The number of aromatic amines is 1. The lowest BCUT2D eigenvalue weighted by Gasteiger charge is -2.22. The van der Waals surface area contributed by atoms with Crippen LogP contribution in [0.5, 0.6) is 0 Å². The Hall–Kier alpha value is -1.62.